The van der Waals surface area contributed by atoms with Crippen LogP contribution in [0.3, 0.4) is 0 Å². The van der Waals surface area contributed by atoms with E-state index in [0.717, 1.165) is 44.2 Å². The fourth-order valence-corrected chi connectivity index (χ4v) is 6.48. The van der Waals surface area contributed by atoms with Gasteiger partial charge in [0.15, 0.2) is 0 Å². The summed E-state index contributed by atoms with van der Waals surface area (Å²) in [5.74, 6) is -0.931. The van der Waals surface area contributed by atoms with E-state index >= 15 is 0 Å². The topological polar surface area (TPSA) is 225 Å². The summed E-state index contributed by atoms with van der Waals surface area (Å²) >= 11 is 0. The number of aromatic nitrogens is 4. The van der Waals surface area contributed by atoms with Gasteiger partial charge >= 0.3 is 0 Å². The van der Waals surface area contributed by atoms with Crippen molar-refractivity contribution in [3.05, 3.63) is 116 Å². The molecule has 324 valence electrons. The molecule has 0 aromatic carbocycles. The van der Waals surface area contributed by atoms with Gasteiger partial charge in [-0.1, -0.05) is 24.3 Å². The Balaban J connectivity index is 0.000000251. The molecule has 62 heavy (non-hydrogen) atoms. The SMILES string of the molecule is C=CCNC(=O)/C(C#N)=C/c1c(N2CCN(C)CC2)nc2c(C)cccn2c1=O.C=CCNC(=O)/C(C#N)=C/c1c(N2CCN(C)CC2)nc2c(C)cccn2c1=O.CC(=O)O. The Morgan fingerprint density at radius 1 is 0.710 bits per heavy atom. The van der Waals surface area contributed by atoms with E-state index in [-0.39, 0.29) is 46.5 Å². The molecular formula is C44H52N12O6. The van der Waals surface area contributed by atoms with E-state index in [1.807, 2.05) is 62.0 Å². The van der Waals surface area contributed by atoms with Crippen molar-refractivity contribution < 1.29 is 19.5 Å². The number of hydrogen-bond donors (Lipinski definition) is 3. The molecule has 2 amide bonds. The Hall–Kier alpha value is -7.41. The van der Waals surface area contributed by atoms with Crippen LogP contribution in [0.1, 0.15) is 29.2 Å². The van der Waals surface area contributed by atoms with Crippen LogP contribution in [-0.2, 0) is 14.4 Å². The molecule has 0 aliphatic carbocycles. The highest BCUT2D eigenvalue weighted by molar-refractivity contribution is 6.03. The van der Waals surface area contributed by atoms with Gasteiger partial charge in [0, 0.05) is 84.8 Å². The lowest BCUT2D eigenvalue weighted by Gasteiger charge is -2.34. The van der Waals surface area contributed by atoms with E-state index in [2.05, 4.69) is 33.6 Å². The van der Waals surface area contributed by atoms with E-state index in [9.17, 15) is 29.7 Å². The molecule has 0 atom stereocenters. The minimum Gasteiger partial charge on any atom is -0.481 e. The molecule has 0 unspecified atom stereocenters. The van der Waals surface area contributed by atoms with Crippen LogP contribution in [0.25, 0.3) is 23.4 Å². The first-order valence-corrected chi connectivity index (χ1v) is 19.8. The fraction of sp³-hybridized carbons (Fsp3) is 0.341. The second-order valence-electron chi connectivity index (χ2n) is 14.5. The maximum absolute atomic E-state index is 13.3. The average Bonchev–Trinajstić information content (AvgIpc) is 3.25. The third-order valence-electron chi connectivity index (χ3n) is 9.86. The summed E-state index contributed by atoms with van der Waals surface area (Å²) in [5.41, 5.74) is 2.46. The quantitative estimate of drug-likeness (QED) is 0.118. The molecule has 2 aliphatic rings. The number of aryl methyl sites for hydroxylation is 2. The largest absolute Gasteiger partial charge is 0.481 e. The van der Waals surface area contributed by atoms with Gasteiger partial charge < -0.3 is 35.3 Å². The zero-order chi connectivity index (χ0) is 45.5. The lowest BCUT2D eigenvalue weighted by molar-refractivity contribution is -0.134. The number of carbonyl (C=O) groups excluding carboxylic acids is 2. The van der Waals surface area contributed by atoms with Gasteiger partial charge in [-0.2, -0.15) is 10.5 Å². The summed E-state index contributed by atoms with van der Waals surface area (Å²) in [4.78, 5) is 78.2. The Morgan fingerprint density at radius 3 is 1.35 bits per heavy atom. The van der Waals surface area contributed by atoms with Gasteiger partial charge in [0.25, 0.3) is 28.9 Å². The molecule has 0 radical (unpaired) electrons. The van der Waals surface area contributed by atoms with Gasteiger partial charge in [-0.15, -0.1) is 13.2 Å². The lowest BCUT2D eigenvalue weighted by atomic mass is 10.1. The van der Waals surface area contributed by atoms with Crippen molar-refractivity contribution in [1.82, 2.24) is 39.2 Å². The normalized spacial score (nSPS) is 14.6. The van der Waals surface area contributed by atoms with E-state index in [1.54, 1.807) is 24.5 Å². The fourth-order valence-electron chi connectivity index (χ4n) is 6.48. The number of aliphatic carboxylic acids is 1. The molecule has 0 spiro atoms. The standard InChI is InChI=1S/2C21H24N6O2.C2H4O2/c2*1-4-7-23-20(28)16(14-22)13-17-19(26-11-9-25(3)10-12-26)24-18-15(2)6-5-8-27(18)21(17)29;1-2(3)4/h2*4-6,8,13H,1,7,9-12H2,2-3H3,(H,23,28);1H3,(H,3,4)/b2*16-13+;. The van der Waals surface area contributed by atoms with Crippen molar-refractivity contribution in [3.63, 3.8) is 0 Å². The molecule has 2 saturated heterocycles. The monoisotopic (exact) mass is 844 g/mol. The summed E-state index contributed by atoms with van der Waals surface area (Å²) in [6.45, 7) is 18.6. The van der Waals surface area contributed by atoms with Crippen LogP contribution >= 0.6 is 0 Å². The van der Waals surface area contributed by atoms with Crippen molar-refractivity contribution in [2.24, 2.45) is 0 Å². The number of likely N-dealkylation sites (N-methyl/N-ethyl adjacent to an activating group) is 2. The van der Waals surface area contributed by atoms with Gasteiger partial charge in [-0.3, -0.25) is 32.8 Å². The number of piperazine rings is 2. The molecule has 18 nitrogen and oxygen atoms in total. The third-order valence-corrected chi connectivity index (χ3v) is 9.86. The zero-order valence-corrected chi connectivity index (χ0v) is 35.7. The highest BCUT2D eigenvalue weighted by atomic mass is 16.4. The van der Waals surface area contributed by atoms with Gasteiger partial charge in [0.05, 0.1) is 11.1 Å². The summed E-state index contributed by atoms with van der Waals surface area (Å²) < 4.78 is 2.91. The molecule has 0 bridgehead atoms. The minimum absolute atomic E-state index is 0.145. The molecule has 6 heterocycles. The first-order valence-electron chi connectivity index (χ1n) is 19.8. The maximum Gasteiger partial charge on any atom is 0.300 e. The molecule has 0 saturated carbocycles. The number of carbonyl (C=O) groups is 3. The number of nitrogens with zero attached hydrogens (tertiary/aromatic N) is 10. The van der Waals surface area contributed by atoms with Crippen LogP contribution in [0, 0.1) is 36.5 Å². The summed E-state index contributed by atoms with van der Waals surface area (Å²) in [5, 5.41) is 31.5. The Labute approximate surface area is 359 Å². The van der Waals surface area contributed by atoms with E-state index < -0.39 is 17.8 Å². The van der Waals surface area contributed by atoms with Crippen molar-refractivity contribution in [2.75, 3.05) is 89.3 Å². The van der Waals surface area contributed by atoms with Crippen LogP contribution in [-0.4, -0.2) is 131 Å². The highest BCUT2D eigenvalue weighted by Crippen LogP contribution is 2.23. The molecular weight excluding hydrogens is 793 g/mol. The lowest BCUT2D eigenvalue weighted by Crippen LogP contribution is -2.45. The van der Waals surface area contributed by atoms with Crippen LogP contribution in [0.4, 0.5) is 11.6 Å². The number of carboxylic acid groups (broad SMARTS) is 1. The molecule has 2 fully saturated rings. The van der Waals surface area contributed by atoms with E-state index in [4.69, 9.17) is 19.9 Å². The maximum atomic E-state index is 13.3. The van der Waals surface area contributed by atoms with Gasteiger partial charge in [0.1, 0.15) is 46.2 Å². The van der Waals surface area contributed by atoms with Crippen molar-refractivity contribution in [1.29, 1.82) is 10.5 Å². The number of hydrogen-bond acceptors (Lipinski definition) is 13. The van der Waals surface area contributed by atoms with Crippen LogP contribution < -0.4 is 31.6 Å². The Kier molecular flexibility index (Phi) is 17.0. The van der Waals surface area contributed by atoms with Gasteiger partial charge in [0.2, 0.25) is 0 Å². The van der Waals surface area contributed by atoms with Crippen LogP contribution in [0.5, 0.6) is 0 Å². The van der Waals surface area contributed by atoms with Crippen LogP contribution in [0.15, 0.2) is 82.7 Å². The molecule has 4 aromatic rings. The predicted molar refractivity (Wildman–Crippen MR) is 239 cm³/mol. The number of rotatable bonds is 10. The third kappa shape index (κ3) is 11.9. The minimum atomic E-state index is -0.833. The number of fused-ring (bicyclic) bond motifs is 2. The molecule has 18 heteroatoms. The predicted octanol–water partition coefficient (Wildman–Crippen LogP) is 2.02. The second-order valence-corrected chi connectivity index (χ2v) is 14.5. The van der Waals surface area contributed by atoms with Crippen LogP contribution in [0.2, 0.25) is 0 Å². The second kappa shape index (κ2) is 22.3. The van der Waals surface area contributed by atoms with Crippen molar-refractivity contribution in [2.45, 2.75) is 20.8 Å². The number of nitriles is 2. The molecule has 4 aromatic heterocycles. The molecule has 2 aliphatic heterocycles. The number of carboxylic acids is 1. The van der Waals surface area contributed by atoms with Crippen molar-refractivity contribution >= 4 is 52.9 Å². The highest BCUT2D eigenvalue weighted by Gasteiger charge is 2.24. The molecule has 6 rings (SSSR count). The molecule has 3 N–H and O–H groups in total. The average molecular weight is 845 g/mol. The first kappa shape index (κ1) is 47.3. The van der Waals surface area contributed by atoms with Gasteiger partial charge in [-0.25, -0.2) is 9.97 Å². The summed E-state index contributed by atoms with van der Waals surface area (Å²) in [7, 11) is 4.09. The Morgan fingerprint density at radius 2 is 1.05 bits per heavy atom. The Bertz CT molecular complexity index is 2420. The van der Waals surface area contributed by atoms with E-state index in [0.29, 0.717) is 49.1 Å². The number of anilines is 2. The zero-order valence-electron chi connectivity index (χ0n) is 35.7. The van der Waals surface area contributed by atoms with E-state index in [1.165, 1.54) is 33.1 Å². The first-order chi connectivity index (χ1) is 29.6. The van der Waals surface area contributed by atoms with Gasteiger partial charge in [-0.05, 0) is 63.4 Å². The number of amides is 2. The van der Waals surface area contributed by atoms with Crippen molar-refractivity contribution in [3.8, 4) is 12.1 Å². The number of pyridine rings is 2. The summed E-state index contributed by atoms with van der Waals surface area (Å²) in [6, 6.07) is 11.1. The number of nitrogens with one attached hydrogen (secondary N) is 2. The summed E-state index contributed by atoms with van der Waals surface area (Å²) in [6.07, 6.45) is 9.03. The smallest absolute Gasteiger partial charge is 0.300 e.